The molecule has 2 heterocycles. The highest BCUT2D eigenvalue weighted by atomic mass is 35.5. The van der Waals surface area contributed by atoms with Crippen LogP contribution in [-0.2, 0) is 13.0 Å². The monoisotopic (exact) mass is 550 g/mol. The quantitative estimate of drug-likeness (QED) is 0.258. The van der Waals surface area contributed by atoms with Crippen molar-refractivity contribution in [2.45, 2.75) is 57.7 Å². The number of anilines is 1. The number of benzene rings is 2. The van der Waals surface area contributed by atoms with Gasteiger partial charge in [-0.3, -0.25) is 4.79 Å². The van der Waals surface area contributed by atoms with Gasteiger partial charge in [0.05, 0.1) is 5.02 Å². The molecule has 5 nitrogen and oxygen atoms in total. The van der Waals surface area contributed by atoms with Crippen molar-refractivity contribution in [3.63, 3.8) is 0 Å². The smallest absolute Gasteiger partial charge is 0.266 e. The third kappa shape index (κ3) is 5.28. The molecule has 0 radical (unpaired) electrons. The van der Waals surface area contributed by atoms with Gasteiger partial charge in [-0.05, 0) is 86.2 Å². The molecule has 0 aliphatic heterocycles. The molecular weight excluding hydrogens is 519 g/mol. The molecule has 1 fully saturated rings. The lowest BCUT2D eigenvalue weighted by Gasteiger charge is -2.37. The topological polar surface area (TPSA) is 71.2 Å². The number of nitrogen functional groups attached to an aromatic ring is 1. The summed E-state index contributed by atoms with van der Waals surface area (Å²) in [5.41, 5.74) is 10.1. The van der Waals surface area contributed by atoms with E-state index in [-0.39, 0.29) is 17.0 Å². The Kier molecular flexibility index (Phi) is 7.98. The van der Waals surface area contributed by atoms with Gasteiger partial charge < -0.3 is 16.0 Å². The number of carbonyl (C=O) groups excluding carboxylic acids is 1. The van der Waals surface area contributed by atoms with Crippen LogP contribution in [0, 0.1) is 5.82 Å². The molecule has 0 atom stereocenters. The van der Waals surface area contributed by atoms with E-state index in [1.165, 1.54) is 23.0 Å². The lowest BCUT2D eigenvalue weighted by molar-refractivity contribution is 0.0606. The van der Waals surface area contributed by atoms with Crippen LogP contribution in [0.5, 0.6) is 0 Å². The van der Waals surface area contributed by atoms with Gasteiger partial charge in [0.25, 0.3) is 5.91 Å². The van der Waals surface area contributed by atoms with Crippen LogP contribution in [0.2, 0.25) is 5.02 Å². The molecule has 0 bridgehead atoms. The van der Waals surface area contributed by atoms with E-state index >= 15 is 0 Å². The molecule has 1 aliphatic rings. The third-order valence-corrected chi connectivity index (χ3v) is 9.29. The summed E-state index contributed by atoms with van der Waals surface area (Å²) in [5, 5.41) is 3.91. The zero-order chi connectivity index (χ0) is 26.8. The van der Waals surface area contributed by atoms with E-state index in [4.69, 9.17) is 17.3 Å². The van der Waals surface area contributed by atoms with Crippen molar-refractivity contribution in [3.05, 3.63) is 81.6 Å². The van der Waals surface area contributed by atoms with Crippen molar-refractivity contribution < 1.29 is 9.18 Å². The third-order valence-electron chi connectivity index (χ3n) is 7.65. The number of nitrogens with one attached hydrogen (secondary N) is 1. The van der Waals surface area contributed by atoms with Crippen LogP contribution in [0.25, 0.3) is 21.2 Å². The predicted octanol–water partition coefficient (Wildman–Crippen LogP) is 7.07. The standard InChI is InChI=1S/C30H32ClFN4OS/c1-3-18-7-8-19(20-9-14-26(33)35-16-20)15-21(18)17-36(23-12-10-22(34-2)11-13-23)30(37)29-28(31)27-24(32)5-4-6-25(27)38-29/h4-9,14-16,22-23,34H,3,10-13,17H2,1-2H3,(H2,33,35). The summed E-state index contributed by atoms with van der Waals surface area (Å²) in [4.78, 5) is 20.8. The highest BCUT2D eigenvalue weighted by Crippen LogP contribution is 2.39. The Balaban J connectivity index is 1.54. The minimum atomic E-state index is -0.401. The highest BCUT2D eigenvalue weighted by molar-refractivity contribution is 7.21. The van der Waals surface area contributed by atoms with Gasteiger partial charge in [-0.15, -0.1) is 11.3 Å². The predicted molar refractivity (Wildman–Crippen MR) is 155 cm³/mol. The SMILES string of the molecule is CCc1ccc(-c2ccc(N)nc2)cc1CN(C(=O)c1sc2cccc(F)c2c1Cl)C1CCC(NC)CC1. The largest absolute Gasteiger partial charge is 0.384 e. The second kappa shape index (κ2) is 11.4. The van der Waals surface area contributed by atoms with Gasteiger partial charge in [0.2, 0.25) is 0 Å². The molecule has 1 saturated carbocycles. The first-order valence-electron chi connectivity index (χ1n) is 13.1. The normalized spacial score (nSPS) is 17.6. The fourth-order valence-electron chi connectivity index (χ4n) is 5.44. The molecule has 2 aromatic heterocycles. The number of thiophene rings is 1. The van der Waals surface area contributed by atoms with E-state index < -0.39 is 5.82 Å². The van der Waals surface area contributed by atoms with Crippen molar-refractivity contribution in [1.29, 1.82) is 0 Å². The van der Waals surface area contributed by atoms with Crippen LogP contribution < -0.4 is 11.1 Å². The second-order valence-electron chi connectivity index (χ2n) is 9.89. The number of hydrogen-bond acceptors (Lipinski definition) is 5. The number of hydrogen-bond donors (Lipinski definition) is 2. The Morgan fingerprint density at radius 3 is 2.55 bits per heavy atom. The van der Waals surface area contributed by atoms with Crippen LogP contribution in [0.1, 0.15) is 53.4 Å². The lowest BCUT2D eigenvalue weighted by Crippen LogP contribution is -2.44. The summed E-state index contributed by atoms with van der Waals surface area (Å²) in [7, 11) is 1.99. The first kappa shape index (κ1) is 26.6. The van der Waals surface area contributed by atoms with E-state index in [0.29, 0.717) is 33.4 Å². The number of aryl methyl sites for hydroxylation is 1. The molecule has 1 aliphatic carbocycles. The van der Waals surface area contributed by atoms with Crippen LogP contribution in [0.15, 0.2) is 54.7 Å². The Labute approximate surface area is 231 Å². The van der Waals surface area contributed by atoms with Gasteiger partial charge in [0, 0.05) is 40.5 Å². The number of aromatic nitrogens is 1. The average Bonchev–Trinajstić information content (AvgIpc) is 3.29. The number of fused-ring (bicyclic) bond motifs is 1. The number of carbonyl (C=O) groups is 1. The minimum Gasteiger partial charge on any atom is -0.384 e. The summed E-state index contributed by atoms with van der Waals surface area (Å²) in [5.74, 6) is -0.0585. The van der Waals surface area contributed by atoms with Gasteiger partial charge in [-0.2, -0.15) is 0 Å². The van der Waals surface area contributed by atoms with Gasteiger partial charge in [0.1, 0.15) is 16.5 Å². The Bertz CT molecular complexity index is 1450. The van der Waals surface area contributed by atoms with E-state index in [9.17, 15) is 9.18 Å². The summed E-state index contributed by atoms with van der Waals surface area (Å²) in [6, 6.07) is 15.5. The first-order chi connectivity index (χ1) is 18.4. The Hall–Kier alpha value is -3.00. The van der Waals surface area contributed by atoms with Crippen LogP contribution in [0.3, 0.4) is 0 Å². The summed E-state index contributed by atoms with van der Waals surface area (Å²) in [6.45, 7) is 2.58. The molecule has 0 saturated heterocycles. The Morgan fingerprint density at radius 1 is 1.13 bits per heavy atom. The van der Waals surface area contributed by atoms with E-state index in [2.05, 4.69) is 35.4 Å². The maximum Gasteiger partial charge on any atom is 0.266 e. The van der Waals surface area contributed by atoms with Crippen LogP contribution in [-0.4, -0.2) is 34.9 Å². The van der Waals surface area contributed by atoms with E-state index in [1.54, 1.807) is 18.3 Å². The van der Waals surface area contributed by atoms with Gasteiger partial charge >= 0.3 is 0 Å². The maximum atomic E-state index is 14.6. The molecule has 2 aromatic carbocycles. The number of pyridine rings is 1. The van der Waals surface area contributed by atoms with Crippen molar-refractivity contribution in [1.82, 2.24) is 15.2 Å². The number of nitrogens with two attached hydrogens (primary N) is 1. The average molecular weight is 551 g/mol. The maximum absolute atomic E-state index is 14.6. The van der Waals surface area contributed by atoms with Crippen molar-refractivity contribution in [2.75, 3.05) is 12.8 Å². The van der Waals surface area contributed by atoms with Crippen molar-refractivity contribution in [3.8, 4) is 11.1 Å². The first-order valence-corrected chi connectivity index (χ1v) is 14.3. The highest BCUT2D eigenvalue weighted by Gasteiger charge is 2.32. The summed E-state index contributed by atoms with van der Waals surface area (Å²) in [6.07, 6.45) is 6.41. The van der Waals surface area contributed by atoms with Crippen molar-refractivity contribution in [2.24, 2.45) is 0 Å². The molecule has 38 heavy (non-hydrogen) atoms. The van der Waals surface area contributed by atoms with E-state index in [0.717, 1.165) is 48.8 Å². The molecule has 198 valence electrons. The molecule has 1 amide bonds. The van der Waals surface area contributed by atoms with Gasteiger partial charge in [-0.25, -0.2) is 9.37 Å². The molecule has 3 N–H and O–H groups in total. The fourth-order valence-corrected chi connectivity index (χ4v) is 6.95. The molecular formula is C30H32ClFN4OS. The molecule has 5 rings (SSSR count). The zero-order valence-electron chi connectivity index (χ0n) is 21.6. The van der Waals surface area contributed by atoms with Crippen molar-refractivity contribution >= 4 is 44.7 Å². The lowest BCUT2D eigenvalue weighted by atomic mass is 9.89. The minimum absolute atomic E-state index is 0.0739. The number of nitrogens with zero attached hydrogens (tertiary/aromatic N) is 2. The molecule has 0 unspecified atom stereocenters. The van der Waals surface area contributed by atoms with E-state index in [1.807, 2.05) is 24.1 Å². The Morgan fingerprint density at radius 2 is 1.89 bits per heavy atom. The molecule has 4 aromatic rings. The second-order valence-corrected chi connectivity index (χ2v) is 11.3. The number of halogens is 2. The van der Waals surface area contributed by atoms with Gasteiger partial charge in [-0.1, -0.05) is 36.7 Å². The molecule has 0 spiro atoms. The molecule has 8 heteroatoms. The fraction of sp³-hybridized carbons (Fsp3) is 0.333. The summed E-state index contributed by atoms with van der Waals surface area (Å²) >= 11 is 7.93. The van der Waals surface area contributed by atoms with Crippen LogP contribution in [0.4, 0.5) is 10.2 Å². The number of amides is 1. The summed E-state index contributed by atoms with van der Waals surface area (Å²) < 4.78 is 15.3. The van der Waals surface area contributed by atoms with Gasteiger partial charge in [0.15, 0.2) is 0 Å². The number of rotatable bonds is 7. The van der Waals surface area contributed by atoms with Crippen LogP contribution >= 0.6 is 22.9 Å². The zero-order valence-corrected chi connectivity index (χ0v) is 23.2.